The van der Waals surface area contributed by atoms with Gasteiger partial charge in [-0.1, -0.05) is 36.4 Å². The maximum Gasteiger partial charge on any atom is 0.416 e. The summed E-state index contributed by atoms with van der Waals surface area (Å²) in [5, 5.41) is 9.59. The number of rotatable bonds is 2. The van der Waals surface area contributed by atoms with Crippen LogP contribution in [0.15, 0.2) is 60.0 Å². The minimum Gasteiger partial charge on any atom is -0.477 e. The number of allylic oxidation sites excluding steroid dienone is 2. The number of benzene rings is 1. The van der Waals surface area contributed by atoms with Crippen molar-refractivity contribution >= 4 is 11.7 Å². The summed E-state index contributed by atoms with van der Waals surface area (Å²) in [6.07, 6.45) is -1.47. The summed E-state index contributed by atoms with van der Waals surface area (Å²) in [6.45, 7) is -0.0754. The Kier molecular flexibility index (Phi) is 5.02. The average molecular weight is 338 g/mol. The largest absolute Gasteiger partial charge is 0.477 e. The van der Waals surface area contributed by atoms with E-state index in [2.05, 4.69) is 0 Å². The van der Waals surface area contributed by atoms with E-state index >= 15 is 0 Å². The summed E-state index contributed by atoms with van der Waals surface area (Å²) in [6, 6.07) is 8.71. The van der Waals surface area contributed by atoms with Crippen molar-refractivity contribution in [2.45, 2.75) is 6.18 Å². The molecule has 0 atom stereocenters. The van der Waals surface area contributed by atoms with Crippen molar-refractivity contribution in [3.8, 4) is 0 Å². The molecule has 1 aliphatic rings. The Labute approximate surface area is 137 Å². The first-order valence-corrected chi connectivity index (χ1v) is 7.14. The van der Waals surface area contributed by atoms with Crippen molar-refractivity contribution in [2.75, 3.05) is 20.6 Å². The van der Waals surface area contributed by atoms with E-state index in [1.54, 1.807) is 37.4 Å². The topological polar surface area (TPSA) is 43.8 Å². The number of likely N-dealkylation sites (N-methyl/N-ethyl adjacent to an activating group) is 2. The monoisotopic (exact) mass is 338 g/mol. The molecule has 24 heavy (non-hydrogen) atoms. The number of carbonyl (C=O) groups is 1. The van der Waals surface area contributed by atoms with Crippen molar-refractivity contribution in [1.29, 1.82) is 0 Å². The number of alkyl halides is 3. The van der Waals surface area contributed by atoms with Crippen LogP contribution >= 0.6 is 0 Å². The van der Waals surface area contributed by atoms with Gasteiger partial charge in [0.1, 0.15) is 0 Å². The second kappa shape index (κ2) is 6.82. The summed E-state index contributed by atoms with van der Waals surface area (Å²) in [5.74, 6) is -1.22. The van der Waals surface area contributed by atoms with E-state index in [4.69, 9.17) is 0 Å². The molecule has 0 amide bonds. The molecular formula is C17H17F3N2O2. The highest BCUT2D eigenvalue weighted by Crippen LogP contribution is 2.30. The first-order chi connectivity index (χ1) is 11.2. The molecule has 1 heterocycles. The van der Waals surface area contributed by atoms with Crippen LogP contribution in [-0.4, -0.2) is 47.7 Å². The Morgan fingerprint density at radius 2 is 1.79 bits per heavy atom. The molecule has 7 heteroatoms. The molecule has 1 aromatic rings. The van der Waals surface area contributed by atoms with Gasteiger partial charge >= 0.3 is 12.1 Å². The predicted octanol–water partition coefficient (Wildman–Crippen LogP) is 3.32. The summed E-state index contributed by atoms with van der Waals surface area (Å²) >= 11 is 0. The third kappa shape index (κ3) is 3.79. The number of nitrogens with zero attached hydrogens (tertiary/aromatic N) is 2. The van der Waals surface area contributed by atoms with Crippen molar-refractivity contribution in [3.63, 3.8) is 0 Å². The molecular weight excluding hydrogens is 321 g/mol. The minimum absolute atomic E-state index is 0.0754. The maximum atomic E-state index is 13.0. The van der Waals surface area contributed by atoms with Crippen molar-refractivity contribution < 1.29 is 23.1 Å². The lowest BCUT2D eigenvalue weighted by Crippen LogP contribution is -2.27. The first-order valence-electron chi connectivity index (χ1n) is 7.14. The van der Waals surface area contributed by atoms with E-state index in [9.17, 15) is 23.1 Å². The molecule has 0 aliphatic carbocycles. The molecule has 0 saturated carbocycles. The fourth-order valence-electron chi connectivity index (χ4n) is 2.42. The predicted molar refractivity (Wildman–Crippen MR) is 84.7 cm³/mol. The number of aliphatic carboxylic acids is 1. The Hall–Kier alpha value is -2.70. The maximum absolute atomic E-state index is 13.0. The van der Waals surface area contributed by atoms with E-state index < -0.39 is 17.7 Å². The van der Waals surface area contributed by atoms with Crippen LogP contribution in [0, 0.1) is 0 Å². The van der Waals surface area contributed by atoms with Gasteiger partial charge in [0.15, 0.2) is 5.70 Å². The van der Waals surface area contributed by atoms with E-state index in [-0.39, 0.29) is 12.2 Å². The van der Waals surface area contributed by atoms with E-state index in [0.717, 1.165) is 18.4 Å². The van der Waals surface area contributed by atoms with Crippen LogP contribution in [0.5, 0.6) is 0 Å². The van der Waals surface area contributed by atoms with Crippen molar-refractivity contribution in [3.05, 3.63) is 65.5 Å². The summed E-state index contributed by atoms with van der Waals surface area (Å²) in [7, 11) is 2.98. The molecule has 0 saturated heterocycles. The van der Waals surface area contributed by atoms with Crippen molar-refractivity contribution in [2.24, 2.45) is 0 Å². The zero-order valence-corrected chi connectivity index (χ0v) is 13.2. The molecule has 0 spiro atoms. The molecule has 128 valence electrons. The van der Waals surface area contributed by atoms with Gasteiger partial charge in [0.25, 0.3) is 0 Å². The van der Waals surface area contributed by atoms with Gasteiger partial charge in [-0.05, 0) is 6.08 Å². The molecule has 0 bridgehead atoms. The second-order valence-corrected chi connectivity index (χ2v) is 5.33. The average Bonchev–Trinajstić information content (AvgIpc) is 2.56. The van der Waals surface area contributed by atoms with Gasteiger partial charge in [-0.25, -0.2) is 4.79 Å². The highest BCUT2D eigenvalue weighted by molar-refractivity contribution is 5.95. The number of halogens is 3. The summed E-state index contributed by atoms with van der Waals surface area (Å²) < 4.78 is 39.1. The van der Waals surface area contributed by atoms with Crippen LogP contribution < -0.4 is 0 Å². The quantitative estimate of drug-likeness (QED) is 0.898. The molecule has 0 unspecified atom stereocenters. The highest BCUT2D eigenvalue weighted by atomic mass is 19.4. The van der Waals surface area contributed by atoms with Gasteiger partial charge in [0.05, 0.1) is 11.3 Å². The molecule has 0 radical (unpaired) electrons. The van der Waals surface area contributed by atoms with Gasteiger partial charge in [-0.15, -0.1) is 0 Å². The van der Waals surface area contributed by atoms with Crippen molar-refractivity contribution in [1.82, 2.24) is 9.80 Å². The molecule has 1 aromatic carbocycles. The molecule has 4 nitrogen and oxygen atoms in total. The van der Waals surface area contributed by atoms with E-state index in [1.807, 2.05) is 0 Å². The lowest BCUT2D eigenvalue weighted by Gasteiger charge is -2.26. The standard InChI is InChI=1S/C17H17F3N2O2/c1-21-10-8-13(17(18,19)20)9-11-22(2)15(16(23)24)14(21)12-6-4-3-5-7-12/h3-9,11H,10H2,1-2H3,(H,23,24)/b11-9-,13-8+,15-14?. The smallest absolute Gasteiger partial charge is 0.416 e. The minimum atomic E-state index is -4.50. The molecule has 1 N–H and O–H groups in total. The normalized spacial score (nSPS) is 20.0. The molecule has 0 aromatic heterocycles. The summed E-state index contributed by atoms with van der Waals surface area (Å²) in [5.41, 5.74) is 0.0356. The zero-order valence-electron chi connectivity index (χ0n) is 13.2. The molecule has 0 fully saturated rings. The third-order valence-corrected chi connectivity index (χ3v) is 3.60. The Balaban J connectivity index is 2.62. The SMILES string of the molecule is CN1/C=C\C(C(F)(F)F)=C/CN(C)C(c2ccccc2)=C1C(=O)O. The first kappa shape index (κ1) is 17.7. The van der Waals surface area contributed by atoms with Gasteiger partial charge in [-0.3, -0.25) is 0 Å². The second-order valence-electron chi connectivity index (χ2n) is 5.33. The van der Waals surface area contributed by atoms with Crippen LogP contribution in [0.1, 0.15) is 5.56 Å². The number of hydrogen-bond acceptors (Lipinski definition) is 3. The van der Waals surface area contributed by atoms with Gasteiger partial charge in [0, 0.05) is 32.4 Å². The Morgan fingerprint density at radius 3 is 2.33 bits per heavy atom. The molecule has 2 rings (SSSR count). The van der Waals surface area contributed by atoms with Gasteiger partial charge in [0.2, 0.25) is 0 Å². The van der Waals surface area contributed by atoms with Gasteiger partial charge < -0.3 is 14.9 Å². The van der Waals surface area contributed by atoms with E-state index in [1.165, 1.54) is 16.8 Å². The fourth-order valence-corrected chi connectivity index (χ4v) is 2.42. The van der Waals surface area contributed by atoms with Crippen LogP contribution in [0.4, 0.5) is 13.2 Å². The molecule has 1 aliphatic heterocycles. The lowest BCUT2D eigenvalue weighted by atomic mass is 10.1. The van der Waals surface area contributed by atoms with Crippen LogP contribution in [0.25, 0.3) is 5.70 Å². The number of carboxylic acid groups (broad SMARTS) is 1. The summed E-state index contributed by atoms with van der Waals surface area (Å²) in [4.78, 5) is 14.4. The Morgan fingerprint density at radius 1 is 1.17 bits per heavy atom. The van der Waals surface area contributed by atoms with Crippen LogP contribution in [-0.2, 0) is 4.79 Å². The number of carboxylic acids is 1. The lowest BCUT2D eigenvalue weighted by molar-refractivity contribution is -0.133. The van der Waals surface area contributed by atoms with Crippen LogP contribution in [0.2, 0.25) is 0 Å². The van der Waals surface area contributed by atoms with Crippen LogP contribution in [0.3, 0.4) is 0 Å². The zero-order chi connectivity index (χ0) is 17.9. The highest BCUT2D eigenvalue weighted by Gasteiger charge is 2.33. The van der Waals surface area contributed by atoms with E-state index in [0.29, 0.717) is 11.3 Å². The fraction of sp³-hybridized carbons (Fsp3) is 0.235. The number of hydrogen-bond donors (Lipinski definition) is 1. The Bertz CT molecular complexity index is 706. The van der Waals surface area contributed by atoms with Gasteiger partial charge in [-0.2, -0.15) is 13.2 Å². The third-order valence-electron chi connectivity index (χ3n) is 3.60.